The van der Waals surface area contributed by atoms with Crippen LogP contribution < -0.4 is 10.5 Å². The lowest BCUT2D eigenvalue weighted by molar-refractivity contribution is -0.175. The Labute approximate surface area is 200 Å². The summed E-state index contributed by atoms with van der Waals surface area (Å²) in [6.07, 6.45) is 5.88. The number of aryl methyl sites for hydroxylation is 1. The molecule has 3 N–H and O–H groups in total. The molecule has 1 amide bonds. The number of hydrogen-bond acceptors (Lipinski definition) is 5. The molecule has 4 aliphatic carbocycles. The van der Waals surface area contributed by atoms with Crippen LogP contribution in [0.25, 0.3) is 0 Å². The molecule has 34 heavy (non-hydrogen) atoms. The zero-order valence-corrected chi connectivity index (χ0v) is 20.1. The van der Waals surface area contributed by atoms with Gasteiger partial charge in [-0.05, 0) is 92.5 Å². The van der Waals surface area contributed by atoms with Gasteiger partial charge in [0.2, 0.25) is 10.0 Å². The van der Waals surface area contributed by atoms with Crippen LogP contribution in [-0.2, 0) is 29.8 Å². The second-order valence-corrected chi connectivity index (χ2v) is 12.1. The number of carbonyl (C=O) groups is 2. The van der Waals surface area contributed by atoms with Crippen molar-refractivity contribution in [3.05, 3.63) is 59.7 Å². The predicted molar refractivity (Wildman–Crippen MR) is 127 cm³/mol. The normalized spacial score (nSPS) is 29.6. The second kappa shape index (κ2) is 8.20. The van der Waals surface area contributed by atoms with Crippen molar-refractivity contribution in [2.24, 2.45) is 22.4 Å². The number of ether oxygens (including phenoxy) is 1. The van der Waals surface area contributed by atoms with Crippen LogP contribution in [0.15, 0.2) is 53.4 Å². The molecule has 0 heterocycles. The van der Waals surface area contributed by atoms with E-state index in [9.17, 15) is 18.0 Å². The molecule has 2 atom stereocenters. The number of amides is 1. The van der Waals surface area contributed by atoms with Gasteiger partial charge in [0.15, 0.2) is 6.61 Å². The minimum atomic E-state index is -3.80. The maximum atomic E-state index is 13.4. The number of primary sulfonamides is 1. The molecule has 180 valence electrons. The van der Waals surface area contributed by atoms with Gasteiger partial charge in [-0.1, -0.05) is 29.8 Å². The van der Waals surface area contributed by atoms with Crippen molar-refractivity contribution in [3.63, 3.8) is 0 Å². The highest BCUT2D eigenvalue weighted by Gasteiger charge is 2.61. The van der Waals surface area contributed by atoms with E-state index in [1.165, 1.54) is 41.8 Å². The molecular formula is C26H30N2O5S. The van der Waals surface area contributed by atoms with Crippen molar-refractivity contribution in [2.45, 2.75) is 55.8 Å². The fourth-order valence-electron chi connectivity index (χ4n) is 6.96. The number of sulfonamides is 1. The fraction of sp³-hybridized carbons (Fsp3) is 0.462. The van der Waals surface area contributed by atoms with E-state index in [0.29, 0.717) is 17.5 Å². The molecule has 0 spiro atoms. The number of anilines is 1. The van der Waals surface area contributed by atoms with Crippen LogP contribution in [0.2, 0.25) is 0 Å². The van der Waals surface area contributed by atoms with Crippen molar-refractivity contribution in [1.29, 1.82) is 0 Å². The number of rotatable bonds is 6. The molecule has 2 aromatic carbocycles. The molecule has 4 bridgehead atoms. The van der Waals surface area contributed by atoms with Crippen LogP contribution in [0.3, 0.4) is 0 Å². The van der Waals surface area contributed by atoms with E-state index in [1.54, 1.807) is 0 Å². The summed E-state index contributed by atoms with van der Waals surface area (Å²) >= 11 is 0. The summed E-state index contributed by atoms with van der Waals surface area (Å²) in [6.45, 7) is 1.71. The molecule has 0 aliphatic heterocycles. The van der Waals surface area contributed by atoms with Gasteiger partial charge in [-0.2, -0.15) is 0 Å². The minimum Gasteiger partial charge on any atom is -0.455 e. The molecule has 0 saturated heterocycles. The molecule has 2 aromatic rings. The van der Waals surface area contributed by atoms with Gasteiger partial charge in [-0.3, -0.25) is 9.59 Å². The van der Waals surface area contributed by atoms with Gasteiger partial charge in [-0.25, -0.2) is 13.6 Å². The van der Waals surface area contributed by atoms with Crippen LogP contribution >= 0.6 is 0 Å². The SMILES string of the molecule is Cc1ccc(C23C[C@@H]4C[C@H](CC(C(=O)OCC(=O)Nc5ccc(S(N)(=O)=O)cc5)(C4)C2)C3)cc1. The summed E-state index contributed by atoms with van der Waals surface area (Å²) in [7, 11) is -3.80. The van der Waals surface area contributed by atoms with Crippen LogP contribution in [0.5, 0.6) is 0 Å². The number of carbonyl (C=O) groups excluding carboxylic acids is 2. The average Bonchev–Trinajstić information content (AvgIpc) is 2.76. The quantitative estimate of drug-likeness (QED) is 0.610. The van der Waals surface area contributed by atoms with E-state index in [2.05, 4.69) is 36.5 Å². The topological polar surface area (TPSA) is 116 Å². The van der Waals surface area contributed by atoms with Crippen molar-refractivity contribution in [2.75, 3.05) is 11.9 Å². The smallest absolute Gasteiger partial charge is 0.312 e. The number of benzene rings is 2. The van der Waals surface area contributed by atoms with Crippen LogP contribution in [0, 0.1) is 24.2 Å². The van der Waals surface area contributed by atoms with Crippen molar-refractivity contribution >= 4 is 27.6 Å². The molecular weight excluding hydrogens is 452 g/mol. The summed E-state index contributed by atoms with van der Waals surface area (Å²) in [6, 6.07) is 14.3. The van der Waals surface area contributed by atoms with Gasteiger partial charge in [-0.15, -0.1) is 0 Å². The fourth-order valence-corrected chi connectivity index (χ4v) is 7.47. The van der Waals surface area contributed by atoms with Gasteiger partial charge < -0.3 is 10.1 Å². The Morgan fingerprint density at radius 2 is 1.62 bits per heavy atom. The van der Waals surface area contributed by atoms with Crippen LogP contribution in [-0.4, -0.2) is 26.9 Å². The first-order valence-electron chi connectivity index (χ1n) is 11.7. The van der Waals surface area contributed by atoms with E-state index in [4.69, 9.17) is 9.88 Å². The Kier molecular flexibility index (Phi) is 5.56. The summed E-state index contributed by atoms with van der Waals surface area (Å²) < 4.78 is 28.3. The Bertz CT molecular complexity index is 1210. The van der Waals surface area contributed by atoms with Crippen molar-refractivity contribution in [1.82, 2.24) is 0 Å². The zero-order valence-electron chi connectivity index (χ0n) is 19.3. The highest BCUT2D eigenvalue weighted by molar-refractivity contribution is 7.89. The largest absolute Gasteiger partial charge is 0.455 e. The van der Waals surface area contributed by atoms with E-state index in [-0.39, 0.29) is 22.9 Å². The molecule has 0 radical (unpaired) electrons. The predicted octanol–water partition coefficient (Wildman–Crippen LogP) is 3.66. The Morgan fingerprint density at radius 3 is 2.21 bits per heavy atom. The van der Waals surface area contributed by atoms with E-state index >= 15 is 0 Å². The van der Waals surface area contributed by atoms with Crippen molar-refractivity contribution in [3.8, 4) is 0 Å². The lowest BCUT2D eigenvalue weighted by Gasteiger charge is -2.61. The van der Waals surface area contributed by atoms with Crippen molar-refractivity contribution < 1.29 is 22.7 Å². The third-order valence-corrected chi connectivity index (χ3v) is 8.89. The van der Waals surface area contributed by atoms with E-state index < -0.39 is 21.3 Å². The summed E-state index contributed by atoms with van der Waals surface area (Å²) in [5, 5.41) is 7.73. The highest BCUT2D eigenvalue weighted by Crippen LogP contribution is 2.66. The monoisotopic (exact) mass is 482 g/mol. The van der Waals surface area contributed by atoms with E-state index in [0.717, 1.165) is 32.1 Å². The summed E-state index contributed by atoms with van der Waals surface area (Å²) in [5.41, 5.74) is 2.45. The lowest BCUT2D eigenvalue weighted by Crippen LogP contribution is -2.57. The number of esters is 1. The summed E-state index contributed by atoms with van der Waals surface area (Å²) in [4.78, 5) is 25.7. The Hall–Kier alpha value is -2.71. The summed E-state index contributed by atoms with van der Waals surface area (Å²) in [5.74, 6) is 0.301. The second-order valence-electron chi connectivity index (χ2n) is 10.6. The van der Waals surface area contributed by atoms with Crippen LogP contribution in [0.4, 0.5) is 5.69 Å². The first-order valence-corrected chi connectivity index (χ1v) is 13.3. The minimum absolute atomic E-state index is 0.0180. The molecule has 4 saturated carbocycles. The van der Waals surface area contributed by atoms with Gasteiger partial charge in [0.25, 0.3) is 5.91 Å². The lowest BCUT2D eigenvalue weighted by atomic mass is 9.43. The number of nitrogens with one attached hydrogen (secondary N) is 1. The van der Waals surface area contributed by atoms with E-state index in [1.807, 2.05) is 0 Å². The maximum Gasteiger partial charge on any atom is 0.312 e. The third kappa shape index (κ3) is 4.25. The van der Waals surface area contributed by atoms with Gasteiger partial charge >= 0.3 is 5.97 Å². The number of hydrogen-bond donors (Lipinski definition) is 2. The standard InChI is InChI=1S/C26H30N2O5S/c1-17-2-4-20(5-3-17)25-11-18-10-19(12-25)14-26(13-18,16-25)24(30)33-15-23(29)28-21-6-8-22(9-7-21)34(27,31)32/h2-9,18-19H,10-16H2,1H3,(H,28,29)(H2,27,31,32)/t18-,19-,25?,26?/m0/s1. The third-order valence-electron chi connectivity index (χ3n) is 7.96. The molecule has 7 nitrogen and oxygen atoms in total. The highest BCUT2D eigenvalue weighted by atomic mass is 32.2. The first-order chi connectivity index (χ1) is 16.1. The molecule has 4 fully saturated rings. The van der Waals surface area contributed by atoms with Gasteiger partial charge in [0, 0.05) is 5.69 Å². The zero-order chi connectivity index (χ0) is 24.1. The average molecular weight is 483 g/mol. The molecule has 0 unspecified atom stereocenters. The Balaban J connectivity index is 1.25. The molecule has 4 aliphatic rings. The van der Waals surface area contributed by atoms with Gasteiger partial charge in [0.1, 0.15) is 0 Å². The Morgan fingerprint density at radius 1 is 1.00 bits per heavy atom. The molecule has 6 rings (SSSR count). The molecule has 8 heteroatoms. The molecule has 0 aromatic heterocycles. The first kappa shape index (κ1) is 23.1. The van der Waals surface area contributed by atoms with Crippen LogP contribution in [0.1, 0.15) is 49.7 Å². The van der Waals surface area contributed by atoms with Gasteiger partial charge in [0.05, 0.1) is 10.3 Å². The maximum absolute atomic E-state index is 13.4. The number of nitrogens with two attached hydrogens (primary N) is 1.